The molecule has 0 unspecified atom stereocenters. The topological polar surface area (TPSA) is 76.2 Å². The maximum absolute atomic E-state index is 13.1. The Morgan fingerprint density at radius 2 is 1.66 bits per heavy atom. The fraction of sp³-hybridized carbons (Fsp3) is 0.350. The van der Waals surface area contributed by atoms with Gasteiger partial charge in [0.2, 0.25) is 10.0 Å². The fourth-order valence-electron chi connectivity index (χ4n) is 3.39. The van der Waals surface area contributed by atoms with Crippen LogP contribution in [0.15, 0.2) is 51.8 Å². The summed E-state index contributed by atoms with van der Waals surface area (Å²) in [6, 6.07) is 11.9. The van der Waals surface area contributed by atoms with E-state index in [0.717, 1.165) is 10.9 Å². The number of amides is 1. The lowest BCUT2D eigenvalue weighted by Gasteiger charge is -2.34. The quantitative estimate of drug-likeness (QED) is 0.674. The molecular formula is C20H21BrN2O5S. The number of fused-ring (bicyclic) bond motifs is 1. The summed E-state index contributed by atoms with van der Waals surface area (Å²) in [6.45, 7) is 2.22. The highest BCUT2D eigenvalue weighted by Gasteiger charge is 2.31. The van der Waals surface area contributed by atoms with Gasteiger partial charge in [0.05, 0.1) is 18.1 Å². The minimum Gasteiger partial charge on any atom is -0.490 e. The Hall–Kier alpha value is -2.10. The molecule has 1 fully saturated rings. The Kier molecular flexibility index (Phi) is 5.80. The zero-order valence-corrected chi connectivity index (χ0v) is 18.1. The Labute approximate surface area is 178 Å². The molecule has 1 amide bonds. The van der Waals surface area contributed by atoms with Gasteiger partial charge < -0.3 is 14.4 Å². The van der Waals surface area contributed by atoms with Crippen molar-refractivity contribution >= 4 is 31.9 Å². The van der Waals surface area contributed by atoms with E-state index in [1.54, 1.807) is 29.2 Å². The smallest absolute Gasteiger partial charge is 0.253 e. The molecule has 29 heavy (non-hydrogen) atoms. The Bertz CT molecular complexity index is 1020. The van der Waals surface area contributed by atoms with Crippen molar-refractivity contribution in [2.75, 3.05) is 39.4 Å². The van der Waals surface area contributed by atoms with E-state index in [2.05, 4.69) is 15.9 Å². The number of carbonyl (C=O) groups is 1. The van der Waals surface area contributed by atoms with Crippen molar-refractivity contribution in [3.8, 4) is 11.5 Å². The number of halogens is 1. The molecule has 4 rings (SSSR count). The zero-order valence-electron chi connectivity index (χ0n) is 15.7. The van der Waals surface area contributed by atoms with Crippen LogP contribution in [0.2, 0.25) is 0 Å². The summed E-state index contributed by atoms with van der Waals surface area (Å²) in [5.41, 5.74) is 0.582. The van der Waals surface area contributed by atoms with Crippen LogP contribution in [0, 0.1) is 0 Å². The number of hydrogen-bond acceptors (Lipinski definition) is 5. The lowest BCUT2D eigenvalue weighted by atomic mass is 10.2. The van der Waals surface area contributed by atoms with Crippen molar-refractivity contribution in [1.29, 1.82) is 0 Å². The summed E-state index contributed by atoms with van der Waals surface area (Å²) in [4.78, 5) is 14.5. The van der Waals surface area contributed by atoms with E-state index in [4.69, 9.17) is 9.47 Å². The van der Waals surface area contributed by atoms with Gasteiger partial charge in [0.1, 0.15) is 0 Å². The van der Waals surface area contributed by atoms with Crippen LogP contribution in [-0.2, 0) is 10.0 Å². The van der Waals surface area contributed by atoms with Gasteiger partial charge in [-0.15, -0.1) is 0 Å². The highest BCUT2D eigenvalue weighted by molar-refractivity contribution is 9.10. The summed E-state index contributed by atoms with van der Waals surface area (Å²) >= 11 is 3.37. The van der Waals surface area contributed by atoms with Gasteiger partial charge in [-0.05, 0) is 30.3 Å². The molecule has 2 aliphatic rings. The first-order valence-corrected chi connectivity index (χ1v) is 11.6. The maximum Gasteiger partial charge on any atom is 0.253 e. The van der Waals surface area contributed by atoms with E-state index in [0.29, 0.717) is 43.4 Å². The van der Waals surface area contributed by atoms with Crippen LogP contribution in [-0.4, -0.2) is 62.9 Å². The highest BCUT2D eigenvalue weighted by atomic mass is 79.9. The third-order valence-corrected chi connectivity index (χ3v) is 7.34. The molecule has 0 saturated carbocycles. The molecule has 1 saturated heterocycles. The number of carbonyl (C=O) groups excluding carboxylic acids is 1. The molecule has 9 heteroatoms. The van der Waals surface area contributed by atoms with Crippen LogP contribution >= 0.6 is 15.9 Å². The standard InChI is InChI=1S/C20H21BrN2O5S/c21-16-4-1-3-15(13-16)20(24)22-7-9-23(10-8-22)29(25,26)17-5-6-18-19(14-17)28-12-2-11-27-18/h1,3-6,13-14H,2,7-12H2. The molecule has 0 atom stereocenters. The molecule has 0 N–H and O–H groups in total. The molecule has 0 bridgehead atoms. The zero-order chi connectivity index (χ0) is 20.4. The first-order chi connectivity index (χ1) is 13.9. The molecular weight excluding hydrogens is 460 g/mol. The van der Waals surface area contributed by atoms with E-state index in [-0.39, 0.29) is 23.9 Å². The number of piperazine rings is 1. The van der Waals surface area contributed by atoms with Crippen molar-refractivity contribution in [2.24, 2.45) is 0 Å². The second kappa shape index (κ2) is 8.33. The molecule has 0 radical (unpaired) electrons. The number of nitrogens with zero attached hydrogens (tertiary/aromatic N) is 2. The van der Waals surface area contributed by atoms with Gasteiger partial charge in [-0.25, -0.2) is 8.42 Å². The lowest BCUT2D eigenvalue weighted by Crippen LogP contribution is -2.50. The van der Waals surface area contributed by atoms with Crippen LogP contribution in [0.5, 0.6) is 11.5 Å². The third-order valence-electron chi connectivity index (χ3n) is 4.95. The van der Waals surface area contributed by atoms with Crippen LogP contribution in [0.25, 0.3) is 0 Å². The molecule has 0 aliphatic carbocycles. The van der Waals surface area contributed by atoms with E-state index < -0.39 is 10.0 Å². The van der Waals surface area contributed by atoms with Crippen LogP contribution < -0.4 is 9.47 Å². The highest BCUT2D eigenvalue weighted by Crippen LogP contribution is 2.33. The van der Waals surface area contributed by atoms with Crippen molar-refractivity contribution < 1.29 is 22.7 Å². The number of benzene rings is 2. The van der Waals surface area contributed by atoms with Gasteiger partial charge in [-0.3, -0.25) is 4.79 Å². The largest absolute Gasteiger partial charge is 0.490 e. The monoisotopic (exact) mass is 480 g/mol. The van der Waals surface area contributed by atoms with Gasteiger partial charge >= 0.3 is 0 Å². The van der Waals surface area contributed by atoms with Gasteiger partial charge in [-0.1, -0.05) is 22.0 Å². The first-order valence-electron chi connectivity index (χ1n) is 9.40. The van der Waals surface area contributed by atoms with Crippen LogP contribution in [0.1, 0.15) is 16.8 Å². The number of ether oxygens (including phenoxy) is 2. The van der Waals surface area contributed by atoms with Gasteiger partial charge in [0.25, 0.3) is 5.91 Å². The molecule has 2 aromatic rings. The summed E-state index contributed by atoms with van der Waals surface area (Å²) in [5, 5.41) is 0. The molecule has 2 aromatic carbocycles. The Morgan fingerprint density at radius 3 is 2.38 bits per heavy atom. The van der Waals surface area contributed by atoms with E-state index >= 15 is 0 Å². The summed E-state index contributed by atoms with van der Waals surface area (Å²) in [7, 11) is -3.68. The first kappa shape index (κ1) is 20.2. The number of hydrogen-bond donors (Lipinski definition) is 0. The number of sulfonamides is 1. The lowest BCUT2D eigenvalue weighted by molar-refractivity contribution is 0.0698. The second-order valence-electron chi connectivity index (χ2n) is 6.87. The van der Waals surface area contributed by atoms with Crippen LogP contribution in [0.3, 0.4) is 0 Å². The predicted molar refractivity (Wildman–Crippen MR) is 111 cm³/mol. The number of rotatable bonds is 3. The van der Waals surface area contributed by atoms with E-state index in [1.165, 1.54) is 10.4 Å². The minimum absolute atomic E-state index is 0.0982. The summed E-state index contributed by atoms with van der Waals surface area (Å²) < 4.78 is 39.6. The van der Waals surface area contributed by atoms with Crippen molar-refractivity contribution in [3.05, 3.63) is 52.5 Å². The Morgan fingerprint density at radius 1 is 0.931 bits per heavy atom. The van der Waals surface area contributed by atoms with Crippen molar-refractivity contribution in [2.45, 2.75) is 11.3 Å². The van der Waals surface area contributed by atoms with Crippen LogP contribution in [0.4, 0.5) is 0 Å². The minimum atomic E-state index is -3.68. The maximum atomic E-state index is 13.1. The normalized spacial score (nSPS) is 17.6. The summed E-state index contributed by atoms with van der Waals surface area (Å²) in [5.74, 6) is 0.914. The van der Waals surface area contributed by atoms with Gasteiger partial charge in [0, 0.05) is 48.7 Å². The second-order valence-corrected chi connectivity index (χ2v) is 9.72. The molecule has 154 valence electrons. The van der Waals surface area contributed by atoms with E-state index in [1.807, 2.05) is 12.1 Å². The third kappa shape index (κ3) is 4.26. The molecule has 2 aliphatic heterocycles. The molecule has 0 aromatic heterocycles. The predicted octanol–water partition coefficient (Wildman–Crippen LogP) is 2.76. The molecule has 2 heterocycles. The average molecular weight is 481 g/mol. The van der Waals surface area contributed by atoms with Gasteiger partial charge in [0.15, 0.2) is 11.5 Å². The molecule has 7 nitrogen and oxygen atoms in total. The Balaban J connectivity index is 1.46. The SMILES string of the molecule is O=C(c1cccc(Br)c1)N1CCN(S(=O)(=O)c2ccc3c(c2)OCCCO3)CC1. The fourth-order valence-corrected chi connectivity index (χ4v) is 5.23. The molecule has 0 spiro atoms. The van der Waals surface area contributed by atoms with Crippen molar-refractivity contribution in [3.63, 3.8) is 0 Å². The van der Waals surface area contributed by atoms with E-state index in [9.17, 15) is 13.2 Å². The van der Waals surface area contributed by atoms with Gasteiger partial charge in [-0.2, -0.15) is 4.31 Å². The average Bonchev–Trinajstić information content (AvgIpc) is 2.98. The van der Waals surface area contributed by atoms with Crippen molar-refractivity contribution in [1.82, 2.24) is 9.21 Å². The summed E-state index contributed by atoms with van der Waals surface area (Å²) in [6.07, 6.45) is 0.755.